The van der Waals surface area contributed by atoms with Crippen molar-refractivity contribution in [1.29, 1.82) is 0 Å². The van der Waals surface area contributed by atoms with Gasteiger partial charge in [-0.3, -0.25) is 9.80 Å². The number of rotatable bonds is 18. The summed E-state index contributed by atoms with van der Waals surface area (Å²) in [4.78, 5) is 50.9. The van der Waals surface area contributed by atoms with Crippen LogP contribution in [0.2, 0.25) is 0 Å². The van der Waals surface area contributed by atoms with Gasteiger partial charge in [0.2, 0.25) is 0 Å². The molecule has 2 aliphatic rings. The number of unbranched alkanes of at least 4 members (excludes halogenated alkanes) is 2. The molecule has 1 N–H and O–H groups in total. The van der Waals surface area contributed by atoms with Crippen LogP contribution in [0, 0.1) is 0 Å². The zero-order chi connectivity index (χ0) is 41.8. The first-order valence-corrected chi connectivity index (χ1v) is 19.8. The van der Waals surface area contributed by atoms with Crippen LogP contribution in [-0.4, -0.2) is 121 Å². The third-order valence-electron chi connectivity index (χ3n) is 8.84. The molecule has 2 amide bonds. The molecule has 14 nitrogen and oxygen atoms in total. The number of carbonyl (C=O) groups is 4. The van der Waals surface area contributed by atoms with E-state index in [1.807, 2.05) is 60.7 Å². The van der Waals surface area contributed by atoms with E-state index in [2.05, 4.69) is 0 Å². The topological polar surface area (TPSA) is 160 Å². The molecule has 2 aromatic carbocycles. The number of likely N-dealkylation sites (tertiary alicyclic amines) is 2. The molecule has 318 valence electrons. The van der Waals surface area contributed by atoms with Gasteiger partial charge >= 0.3 is 24.1 Å². The van der Waals surface area contributed by atoms with E-state index in [-0.39, 0.29) is 25.2 Å². The number of hydrogen-bond donors (Lipinski definition) is 1. The van der Waals surface area contributed by atoms with Crippen LogP contribution < -0.4 is 0 Å². The first-order valence-electron chi connectivity index (χ1n) is 19.8. The van der Waals surface area contributed by atoms with Crippen molar-refractivity contribution in [3.63, 3.8) is 0 Å². The van der Waals surface area contributed by atoms with Crippen molar-refractivity contribution >= 4 is 24.1 Å². The molecular weight excluding hydrogens is 736 g/mol. The number of carbonyl (C=O) groups excluding carboxylic acids is 3. The molecular formula is C43H64N2O12. The number of carboxylic acids is 1. The molecule has 0 aliphatic carbocycles. The van der Waals surface area contributed by atoms with Gasteiger partial charge in [-0.25, -0.2) is 19.2 Å². The summed E-state index contributed by atoms with van der Waals surface area (Å²) < 4.78 is 38.5. The lowest BCUT2D eigenvalue weighted by atomic mass is 10.2. The Bertz CT molecular complexity index is 1490. The van der Waals surface area contributed by atoms with E-state index in [1.165, 1.54) is 16.9 Å². The minimum Gasteiger partial charge on any atom is -0.480 e. The Morgan fingerprint density at radius 1 is 0.614 bits per heavy atom. The Morgan fingerprint density at radius 3 is 1.39 bits per heavy atom. The average Bonchev–Trinajstić information content (AvgIpc) is 3.79. The lowest BCUT2D eigenvalue weighted by molar-refractivity contribution is -0.145. The smallest absolute Gasteiger partial charge is 0.411 e. The van der Waals surface area contributed by atoms with Gasteiger partial charge in [0.05, 0.1) is 45.6 Å². The second kappa shape index (κ2) is 23.9. The van der Waals surface area contributed by atoms with Gasteiger partial charge in [-0.2, -0.15) is 0 Å². The summed E-state index contributed by atoms with van der Waals surface area (Å²) in [5.74, 6) is -1.48. The second-order valence-corrected chi connectivity index (χ2v) is 16.1. The number of nitrogens with zero attached hydrogens (tertiary/aromatic N) is 2. The highest BCUT2D eigenvalue weighted by Gasteiger charge is 2.43. The van der Waals surface area contributed by atoms with Crippen LogP contribution in [0.1, 0.15) is 91.2 Å². The summed E-state index contributed by atoms with van der Waals surface area (Å²) in [5, 5.41) is 9.39. The van der Waals surface area contributed by atoms with Crippen LogP contribution in [0.4, 0.5) is 9.59 Å². The molecule has 0 spiro atoms. The summed E-state index contributed by atoms with van der Waals surface area (Å²) in [6.45, 7) is 14.8. The third kappa shape index (κ3) is 18.3. The average molecular weight is 801 g/mol. The normalized spacial score (nSPS) is 19.4. The highest BCUT2D eigenvalue weighted by molar-refractivity contribution is 5.82. The number of ether oxygens (including phenoxy) is 7. The Hall–Kier alpha value is -4.24. The predicted octanol–water partition coefficient (Wildman–Crippen LogP) is 7.01. The van der Waals surface area contributed by atoms with Gasteiger partial charge in [-0.05, 0) is 78.4 Å². The number of carboxylic acid groups (broad SMARTS) is 1. The van der Waals surface area contributed by atoms with E-state index in [9.17, 15) is 24.3 Å². The van der Waals surface area contributed by atoms with E-state index < -0.39 is 47.4 Å². The quantitative estimate of drug-likeness (QED) is 0.0935. The number of esters is 1. The number of methoxy groups -OCH3 is 1. The molecule has 0 radical (unpaired) electrons. The van der Waals surface area contributed by atoms with Crippen molar-refractivity contribution in [2.45, 2.75) is 129 Å². The van der Waals surface area contributed by atoms with Gasteiger partial charge in [0, 0.05) is 39.3 Å². The predicted molar refractivity (Wildman–Crippen MR) is 212 cm³/mol. The molecule has 2 aromatic rings. The fraction of sp³-hybridized carbons (Fsp3) is 0.628. The Kier molecular flexibility index (Phi) is 19.7. The third-order valence-corrected chi connectivity index (χ3v) is 8.84. The molecule has 2 aliphatic heterocycles. The fourth-order valence-corrected chi connectivity index (χ4v) is 6.12. The zero-order valence-electron chi connectivity index (χ0n) is 34.8. The Balaban J connectivity index is 0.000000306. The minimum absolute atomic E-state index is 0.211. The van der Waals surface area contributed by atoms with Crippen molar-refractivity contribution in [2.75, 3.05) is 46.6 Å². The highest BCUT2D eigenvalue weighted by atomic mass is 16.6. The van der Waals surface area contributed by atoms with E-state index in [0.717, 1.165) is 36.8 Å². The van der Waals surface area contributed by atoms with Gasteiger partial charge in [0.25, 0.3) is 0 Å². The summed E-state index contributed by atoms with van der Waals surface area (Å²) in [5.41, 5.74) is 1.01. The van der Waals surface area contributed by atoms with Crippen molar-refractivity contribution < 1.29 is 57.4 Å². The van der Waals surface area contributed by atoms with Gasteiger partial charge in [0.1, 0.15) is 23.3 Å². The maximum absolute atomic E-state index is 12.4. The van der Waals surface area contributed by atoms with Crippen LogP contribution in [0.5, 0.6) is 0 Å². The first-order chi connectivity index (χ1) is 27.1. The summed E-state index contributed by atoms with van der Waals surface area (Å²) >= 11 is 0. The zero-order valence-corrected chi connectivity index (χ0v) is 34.8. The van der Waals surface area contributed by atoms with Crippen molar-refractivity contribution in [3.8, 4) is 0 Å². The molecule has 57 heavy (non-hydrogen) atoms. The highest BCUT2D eigenvalue weighted by Crippen LogP contribution is 2.25. The Morgan fingerprint density at radius 2 is 1.00 bits per heavy atom. The lowest BCUT2D eigenvalue weighted by Crippen LogP contribution is -2.44. The van der Waals surface area contributed by atoms with Crippen LogP contribution in [0.25, 0.3) is 0 Å². The molecule has 4 atom stereocenters. The number of aliphatic carboxylic acids is 1. The summed E-state index contributed by atoms with van der Waals surface area (Å²) in [7, 11) is 1.32. The summed E-state index contributed by atoms with van der Waals surface area (Å²) in [6, 6.07) is 18.5. The van der Waals surface area contributed by atoms with Crippen LogP contribution in [0.3, 0.4) is 0 Å². The Labute approximate surface area is 338 Å². The van der Waals surface area contributed by atoms with Gasteiger partial charge in [-0.1, -0.05) is 60.7 Å². The van der Waals surface area contributed by atoms with E-state index in [0.29, 0.717) is 52.6 Å². The number of hydrogen-bond acceptors (Lipinski definition) is 11. The van der Waals surface area contributed by atoms with Gasteiger partial charge in [-0.15, -0.1) is 0 Å². The van der Waals surface area contributed by atoms with E-state index in [1.54, 1.807) is 41.5 Å². The maximum atomic E-state index is 12.4. The summed E-state index contributed by atoms with van der Waals surface area (Å²) in [6.07, 6.45) is 2.46. The number of benzene rings is 2. The molecule has 4 rings (SSSR count). The second-order valence-electron chi connectivity index (χ2n) is 16.1. The lowest BCUT2D eigenvalue weighted by Gasteiger charge is -2.27. The minimum atomic E-state index is -1.04. The van der Waals surface area contributed by atoms with Crippen molar-refractivity contribution in [2.24, 2.45) is 0 Å². The first kappa shape index (κ1) is 47.1. The van der Waals surface area contributed by atoms with Crippen molar-refractivity contribution in [1.82, 2.24) is 9.80 Å². The maximum Gasteiger partial charge on any atom is 0.411 e. The number of amides is 2. The van der Waals surface area contributed by atoms with Gasteiger partial charge < -0.3 is 38.3 Å². The largest absolute Gasteiger partial charge is 0.480 e. The standard InChI is InChI=1S/C22H33NO6.C21H31NO6/c1-22(2,3)29-21(25)23-15-18(14-19(23)20(24)26-4)28-13-9-8-12-27-16-17-10-6-5-7-11-17;1-21(2,3)28-20(25)22-14-17(13-18(22)19(23)24)27-12-8-7-11-26-15-16-9-5-4-6-10-16/h5-7,10-11,18-19H,8-9,12-16H2,1-4H3;4-6,9-10,17-18H,7-8,11-15H2,1-3H3,(H,23,24)/t18-,19+;17-,18+/m11/s1. The monoisotopic (exact) mass is 800 g/mol. The molecule has 0 unspecified atom stereocenters. The van der Waals surface area contributed by atoms with Crippen LogP contribution >= 0.6 is 0 Å². The fourth-order valence-electron chi connectivity index (χ4n) is 6.12. The van der Waals surface area contributed by atoms with Gasteiger partial charge in [0.15, 0.2) is 0 Å². The molecule has 0 saturated carbocycles. The molecule has 0 aromatic heterocycles. The van der Waals surface area contributed by atoms with Crippen molar-refractivity contribution in [3.05, 3.63) is 71.8 Å². The molecule has 0 bridgehead atoms. The molecule has 14 heteroatoms. The van der Waals surface area contributed by atoms with E-state index in [4.69, 9.17) is 33.2 Å². The molecule has 2 heterocycles. The van der Waals surface area contributed by atoms with Crippen LogP contribution in [-0.2, 0) is 56.0 Å². The molecule has 2 fully saturated rings. The molecule has 2 saturated heterocycles. The van der Waals surface area contributed by atoms with Crippen LogP contribution in [0.15, 0.2) is 60.7 Å². The SMILES string of the molecule is CC(C)(C)OC(=O)N1C[C@H](OCCCCOCc2ccccc2)C[C@H]1C(=O)O.COC(=O)[C@@H]1C[C@@H](OCCCCOCc2ccccc2)CN1C(=O)OC(C)(C)C. The van der Waals surface area contributed by atoms with E-state index >= 15 is 0 Å².